The first kappa shape index (κ1) is 15.4. The van der Waals surface area contributed by atoms with Gasteiger partial charge in [0.15, 0.2) is 0 Å². The van der Waals surface area contributed by atoms with E-state index in [9.17, 15) is 0 Å². The zero-order chi connectivity index (χ0) is 12.3. The van der Waals surface area contributed by atoms with Gasteiger partial charge in [0, 0.05) is 6.04 Å². The van der Waals surface area contributed by atoms with Gasteiger partial charge in [0.1, 0.15) is 0 Å². The summed E-state index contributed by atoms with van der Waals surface area (Å²) >= 11 is 1.98. The van der Waals surface area contributed by atoms with Crippen molar-refractivity contribution in [3.8, 4) is 0 Å². The van der Waals surface area contributed by atoms with Gasteiger partial charge in [0.2, 0.25) is 0 Å². The second kappa shape index (κ2) is 10.3. The van der Waals surface area contributed by atoms with Gasteiger partial charge in [-0.2, -0.15) is 11.8 Å². The molecule has 0 amide bonds. The highest BCUT2D eigenvalue weighted by atomic mass is 32.2. The third-order valence-electron chi connectivity index (χ3n) is 4.07. The van der Waals surface area contributed by atoms with E-state index >= 15 is 0 Å². The number of unbranched alkanes of at least 4 members (excludes halogenated alkanes) is 3. The Morgan fingerprint density at radius 2 is 1.94 bits per heavy atom. The van der Waals surface area contributed by atoms with E-state index in [0.29, 0.717) is 0 Å². The first-order chi connectivity index (χ1) is 8.36. The first-order valence-electron chi connectivity index (χ1n) is 7.59. The minimum absolute atomic E-state index is 0.833. The van der Waals surface area contributed by atoms with E-state index in [1.165, 1.54) is 70.1 Å². The van der Waals surface area contributed by atoms with Crippen molar-refractivity contribution in [2.75, 3.05) is 18.6 Å². The van der Waals surface area contributed by atoms with Crippen LogP contribution in [0.25, 0.3) is 0 Å². The van der Waals surface area contributed by atoms with E-state index in [1.54, 1.807) is 0 Å². The predicted molar refractivity (Wildman–Crippen MR) is 80.9 cm³/mol. The van der Waals surface area contributed by atoms with Gasteiger partial charge in [-0.15, -0.1) is 0 Å². The van der Waals surface area contributed by atoms with Crippen molar-refractivity contribution in [2.24, 2.45) is 5.92 Å². The largest absolute Gasteiger partial charge is 0.314 e. The highest BCUT2D eigenvalue weighted by Crippen LogP contribution is 2.26. The summed E-state index contributed by atoms with van der Waals surface area (Å²) in [7, 11) is 0. The lowest BCUT2D eigenvalue weighted by atomic mass is 9.84. The number of nitrogens with one attached hydrogen (secondary N) is 1. The van der Waals surface area contributed by atoms with Crippen LogP contribution in [0, 0.1) is 5.92 Å². The monoisotopic (exact) mass is 257 g/mol. The molecule has 0 aromatic rings. The van der Waals surface area contributed by atoms with Gasteiger partial charge in [-0.25, -0.2) is 0 Å². The standard InChI is InChI=1S/C15H31NS/c1-3-14-9-8-10-15(13-14)16-11-6-4-5-7-12-17-2/h14-16H,3-13H2,1-2H3. The fourth-order valence-corrected chi connectivity index (χ4v) is 3.37. The van der Waals surface area contributed by atoms with E-state index in [0.717, 1.165) is 12.0 Å². The molecule has 0 saturated heterocycles. The minimum atomic E-state index is 0.833. The first-order valence-corrected chi connectivity index (χ1v) is 8.98. The van der Waals surface area contributed by atoms with Gasteiger partial charge < -0.3 is 5.32 Å². The van der Waals surface area contributed by atoms with Gasteiger partial charge in [0.25, 0.3) is 0 Å². The van der Waals surface area contributed by atoms with Crippen molar-refractivity contribution in [3.63, 3.8) is 0 Å². The smallest absolute Gasteiger partial charge is 0.00697 e. The number of hydrogen-bond donors (Lipinski definition) is 1. The number of thioether (sulfide) groups is 1. The lowest BCUT2D eigenvalue weighted by Crippen LogP contribution is -2.34. The molecule has 2 atom stereocenters. The summed E-state index contributed by atoms with van der Waals surface area (Å²) in [6, 6.07) is 0.833. The third-order valence-corrected chi connectivity index (χ3v) is 4.77. The molecule has 2 unspecified atom stereocenters. The van der Waals surface area contributed by atoms with Crippen molar-refractivity contribution in [2.45, 2.75) is 70.8 Å². The molecule has 0 spiro atoms. The molecule has 0 radical (unpaired) electrons. The van der Waals surface area contributed by atoms with Crippen LogP contribution in [-0.4, -0.2) is 24.6 Å². The van der Waals surface area contributed by atoms with Crippen LogP contribution in [0.4, 0.5) is 0 Å². The van der Waals surface area contributed by atoms with E-state index in [1.807, 2.05) is 11.8 Å². The molecule has 0 heterocycles. The van der Waals surface area contributed by atoms with Gasteiger partial charge in [0.05, 0.1) is 0 Å². The summed E-state index contributed by atoms with van der Waals surface area (Å²) in [5, 5.41) is 3.77. The molecule has 1 aliphatic rings. The summed E-state index contributed by atoms with van der Waals surface area (Å²) in [5.41, 5.74) is 0. The second-order valence-corrected chi connectivity index (χ2v) is 6.48. The van der Waals surface area contributed by atoms with Crippen LogP contribution in [0.5, 0.6) is 0 Å². The van der Waals surface area contributed by atoms with Crippen LogP contribution in [0.1, 0.15) is 64.7 Å². The van der Waals surface area contributed by atoms with Crippen molar-refractivity contribution < 1.29 is 0 Å². The van der Waals surface area contributed by atoms with Crippen LogP contribution >= 0.6 is 11.8 Å². The summed E-state index contributed by atoms with van der Waals surface area (Å²) in [4.78, 5) is 0. The molecule has 2 heteroatoms. The van der Waals surface area contributed by atoms with Gasteiger partial charge in [-0.1, -0.05) is 39.0 Å². The maximum absolute atomic E-state index is 3.77. The second-order valence-electron chi connectivity index (χ2n) is 5.50. The molecule has 102 valence electrons. The molecule has 17 heavy (non-hydrogen) atoms. The van der Waals surface area contributed by atoms with Crippen LogP contribution < -0.4 is 5.32 Å². The van der Waals surface area contributed by atoms with Crippen molar-refractivity contribution in [1.82, 2.24) is 5.32 Å². The highest BCUT2D eigenvalue weighted by molar-refractivity contribution is 7.98. The predicted octanol–water partition coefficient (Wildman–Crippen LogP) is 4.47. The molecule has 1 aliphatic carbocycles. The van der Waals surface area contributed by atoms with E-state index < -0.39 is 0 Å². The molecule has 1 nitrogen and oxygen atoms in total. The highest BCUT2D eigenvalue weighted by Gasteiger charge is 2.19. The van der Waals surface area contributed by atoms with E-state index in [2.05, 4.69) is 18.5 Å². The normalized spacial score (nSPS) is 25.1. The van der Waals surface area contributed by atoms with Crippen LogP contribution in [0.15, 0.2) is 0 Å². The Labute approximate surface area is 113 Å². The Kier molecular flexibility index (Phi) is 9.27. The van der Waals surface area contributed by atoms with Gasteiger partial charge >= 0.3 is 0 Å². The fourth-order valence-electron chi connectivity index (χ4n) is 2.88. The summed E-state index contributed by atoms with van der Waals surface area (Å²) in [6.07, 6.45) is 15.0. The molecule has 1 N–H and O–H groups in total. The fraction of sp³-hybridized carbons (Fsp3) is 1.00. The number of hydrogen-bond acceptors (Lipinski definition) is 2. The van der Waals surface area contributed by atoms with Crippen LogP contribution in [0.3, 0.4) is 0 Å². The topological polar surface area (TPSA) is 12.0 Å². The molecule has 0 bridgehead atoms. The molecule has 0 aliphatic heterocycles. The Hall–Kier alpha value is 0.310. The Morgan fingerprint density at radius 1 is 1.12 bits per heavy atom. The summed E-state index contributed by atoms with van der Waals surface area (Å²) in [5.74, 6) is 2.34. The maximum Gasteiger partial charge on any atom is 0.00697 e. The minimum Gasteiger partial charge on any atom is -0.314 e. The number of rotatable bonds is 9. The molecule has 1 fully saturated rings. The average molecular weight is 257 g/mol. The summed E-state index contributed by atoms with van der Waals surface area (Å²) in [6.45, 7) is 3.60. The zero-order valence-corrected chi connectivity index (χ0v) is 12.7. The maximum atomic E-state index is 3.77. The van der Waals surface area contributed by atoms with Crippen LogP contribution in [-0.2, 0) is 0 Å². The molecule has 1 rings (SSSR count). The molecular weight excluding hydrogens is 226 g/mol. The zero-order valence-electron chi connectivity index (χ0n) is 11.8. The van der Waals surface area contributed by atoms with Gasteiger partial charge in [-0.3, -0.25) is 0 Å². The molecular formula is C15H31NS. The molecule has 0 aromatic carbocycles. The van der Waals surface area contributed by atoms with E-state index in [4.69, 9.17) is 0 Å². The lowest BCUT2D eigenvalue weighted by molar-refractivity contribution is 0.278. The Morgan fingerprint density at radius 3 is 2.71 bits per heavy atom. The van der Waals surface area contributed by atoms with Crippen molar-refractivity contribution >= 4 is 11.8 Å². The van der Waals surface area contributed by atoms with E-state index in [-0.39, 0.29) is 0 Å². The Bertz CT molecular complexity index is 172. The summed E-state index contributed by atoms with van der Waals surface area (Å²) < 4.78 is 0. The SMILES string of the molecule is CCC1CCCC(NCCCCCCSC)C1. The van der Waals surface area contributed by atoms with Crippen molar-refractivity contribution in [3.05, 3.63) is 0 Å². The Balaban J connectivity index is 1.91. The average Bonchev–Trinajstić information content (AvgIpc) is 2.38. The lowest BCUT2D eigenvalue weighted by Gasteiger charge is -2.29. The molecule has 1 saturated carbocycles. The van der Waals surface area contributed by atoms with Crippen molar-refractivity contribution in [1.29, 1.82) is 0 Å². The third kappa shape index (κ3) is 7.35. The quantitative estimate of drug-likeness (QED) is 0.612. The van der Waals surface area contributed by atoms with Crippen LogP contribution in [0.2, 0.25) is 0 Å². The molecule has 0 aromatic heterocycles. The van der Waals surface area contributed by atoms with Gasteiger partial charge in [-0.05, 0) is 50.2 Å².